The molecule has 6 nitrogen and oxygen atoms in total. The molecule has 2 aromatic carbocycles. The fraction of sp³-hybridized carbons (Fsp3) is 0.182. The molecule has 0 N–H and O–H groups in total. The number of halogens is 1. The first-order valence-electron chi connectivity index (χ1n) is 8.85. The average Bonchev–Trinajstić information content (AvgIpc) is 3.11. The van der Waals surface area contributed by atoms with Crippen molar-refractivity contribution in [2.75, 3.05) is 14.2 Å². The van der Waals surface area contributed by atoms with Crippen LogP contribution in [0.2, 0.25) is 5.02 Å². The van der Waals surface area contributed by atoms with Crippen LogP contribution in [0.1, 0.15) is 11.1 Å². The number of hydrogen-bond acceptors (Lipinski definition) is 5. The zero-order valence-electron chi connectivity index (χ0n) is 16.4. The van der Waals surface area contributed by atoms with Gasteiger partial charge in [-0.1, -0.05) is 41.9 Å². The third-order valence-corrected chi connectivity index (χ3v) is 4.49. The van der Waals surface area contributed by atoms with E-state index in [1.54, 1.807) is 4.68 Å². The van der Waals surface area contributed by atoms with Crippen LogP contribution in [0.15, 0.2) is 60.9 Å². The monoisotopic (exact) mass is 412 g/mol. The molecular formula is C22H21ClN2O4. The van der Waals surface area contributed by atoms with Crippen LogP contribution in [0.4, 0.5) is 0 Å². The van der Waals surface area contributed by atoms with Crippen LogP contribution in [0.3, 0.4) is 0 Å². The number of aryl methyl sites for hydroxylation is 1. The average molecular weight is 413 g/mol. The van der Waals surface area contributed by atoms with E-state index in [9.17, 15) is 4.79 Å². The van der Waals surface area contributed by atoms with Crippen molar-refractivity contribution in [1.29, 1.82) is 0 Å². The van der Waals surface area contributed by atoms with Gasteiger partial charge in [-0.3, -0.25) is 0 Å². The Morgan fingerprint density at radius 2 is 1.90 bits per heavy atom. The summed E-state index contributed by atoms with van der Waals surface area (Å²) in [6.45, 7) is 0.314. The highest BCUT2D eigenvalue weighted by molar-refractivity contribution is 6.30. The van der Waals surface area contributed by atoms with Crippen LogP contribution < -0.4 is 4.74 Å². The second-order valence-corrected chi connectivity index (χ2v) is 6.68. The van der Waals surface area contributed by atoms with E-state index < -0.39 is 5.97 Å². The molecule has 0 atom stereocenters. The highest BCUT2D eigenvalue weighted by Gasteiger charge is 2.14. The van der Waals surface area contributed by atoms with Gasteiger partial charge < -0.3 is 14.2 Å². The smallest absolute Gasteiger partial charge is 0.341 e. The van der Waals surface area contributed by atoms with Crippen LogP contribution in [-0.4, -0.2) is 30.0 Å². The van der Waals surface area contributed by atoms with Crippen molar-refractivity contribution < 1.29 is 19.0 Å². The molecule has 7 heteroatoms. The van der Waals surface area contributed by atoms with Crippen LogP contribution in [-0.2, 0) is 27.9 Å². The summed E-state index contributed by atoms with van der Waals surface area (Å²) in [6, 6.07) is 16.8. The molecule has 0 aliphatic carbocycles. The Balaban J connectivity index is 1.76. The number of carbonyl (C=O) groups excluding carboxylic acids is 1. The molecule has 3 rings (SSSR count). The maximum Gasteiger partial charge on any atom is 0.341 e. The van der Waals surface area contributed by atoms with Crippen LogP contribution in [0.25, 0.3) is 16.8 Å². The lowest BCUT2D eigenvalue weighted by molar-refractivity contribution is -0.133. The van der Waals surface area contributed by atoms with Gasteiger partial charge in [-0.15, -0.1) is 0 Å². The molecule has 3 aromatic rings. The third-order valence-electron chi connectivity index (χ3n) is 4.24. The molecule has 0 spiro atoms. The van der Waals surface area contributed by atoms with Crippen molar-refractivity contribution in [3.63, 3.8) is 0 Å². The Bertz CT molecular complexity index is 1030. The fourth-order valence-electron chi connectivity index (χ4n) is 2.79. The molecule has 1 aromatic heterocycles. The lowest BCUT2D eigenvalue weighted by Gasteiger charge is -2.09. The lowest BCUT2D eigenvalue weighted by atomic mass is 10.0. The van der Waals surface area contributed by atoms with Crippen molar-refractivity contribution in [3.8, 4) is 17.1 Å². The van der Waals surface area contributed by atoms with Gasteiger partial charge in [-0.2, -0.15) is 5.10 Å². The standard InChI is InChI=1S/C22H21ClN2O4/c1-25-21(12-20(24-25)16-7-9-18(23)10-8-16)29-13-15-5-4-6-17(11-15)19(14-27-2)22(26)28-3/h4-12,14H,13H2,1-3H3/b19-14+. The normalized spacial score (nSPS) is 11.2. The van der Waals surface area contributed by atoms with Gasteiger partial charge in [0.15, 0.2) is 0 Å². The molecule has 0 amide bonds. The summed E-state index contributed by atoms with van der Waals surface area (Å²) in [5.74, 6) is 0.158. The minimum atomic E-state index is -0.468. The largest absolute Gasteiger partial charge is 0.503 e. The number of carbonyl (C=O) groups is 1. The van der Waals surface area contributed by atoms with Gasteiger partial charge >= 0.3 is 5.97 Å². The van der Waals surface area contributed by atoms with E-state index in [-0.39, 0.29) is 0 Å². The fourth-order valence-corrected chi connectivity index (χ4v) is 2.92. The summed E-state index contributed by atoms with van der Waals surface area (Å²) in [5.41, 5.74) is 3.66. The number of esters is 1. The molecule has 1 heterocycles. The minimum Gasteiger partial charge on any atom is -0.503 e. The quantitative estimate of drug-likeness (QED) is 0.325. The predicted octanol–water partition coefficient (Wildman–Crippen LogP) is 4.48. The third kappa shape index (κ3) is 4.97. The van der Waals surface area contributed by atoms with Gasteiger partial charge in [-0.05, 0) is 29.3 Å². The topological polar surface area (TPSA) is 62.6 Å². The molecule has 0 saturated heterocycles. The number of benzene rings is 2. The maximum atomic E-state index is 12.0. The first-order chi connectivity index (χ1) is 14.0. The molecule has 0 saturated carbocycles. The summed E-state index contributed by atoms with van der Waals surface area (Å²) in [6.07, 6.45) is 1.37. The number of aromatic nitrogens is 2. The highest BCUT2D eigenvalue weighted by atomic mass is 35.5. The molecule has 0 fully saturated rings. The van der Waals surface area contributed by atoms with Crippen LogP contribution in [0, 0.1) is 0 Å². The van der Waals surface area contributed by atoms with E-state index in [1.165, 1.54) is 20.5 Å². The van der Waals surface area contributed by atoms with E-state index in [4.69, 9.17) is 25.8 Å². The molecule has 0 aliphatic rings. The number of methoxy groups -OCH3 is 2. The summed E-state index contributed by atoms with van der Waals surface area (Å²) >= 11 is 5.95. The highest BCUT2D eigenvalue weighted by Crippen LogP contribution is 2.25. The van der Waals surface area contributed by atoms with Crippen molar-refractivity contribution in [1.82, 2.24) is 9.78 Å². The van der Waals surface area contributed by atoms with E-state index in [1.807, 2.05) is 61.6 Å². The number of rotatable bonds is 7. The molecule has 150 valence electrons. The van der Waals surface area contributed by atoms with Gasteiger partial charge in [0.1, 0.15) is 12.2 Å². The number of ether oxygens (including phenoxy) is 3. The summed E-state index contributed by atoms with van der Waals surface area (Å²) in [5, 5.41) is 5.16. The van der Waals surface area contributed by atoms with E-state index in [0.717, 1.165) is 16.8 Å². The molecule has 0 bridgehead atoms. The Kier molecular flexibility index (Phi) is 6.57. The van der Waals surface area contributed by atoms with E-state index in [0.29, 0.717) is 28.6 Å². The van der Waals surface area contributed by atoms with Gasteiger partial charge in [0.25, 0.3) is 0 Å². The van der Waals surface area contributed by atoms with Gasteiger partial charge in [-0.25, -0.2) is 9.48 Å². The summed E-state index contributed by atoms with van der Waals surface area (Å²) < 4.78 is 17.4. The van der Waals surface area contributed by atoms with Crippen molar-refractivity contribution in [3.05, 3.63) is 77.0 Å². The van der Waals surface area contributed by atoms with Gasteiger partial charge in [0.2, 0.25) is 5.88 Å². The molecule has 0 unspecified atom stereocenters. The maximum absolute atomic E-state index is 12.0. The van der Waals surface area contributed by atoms with E-state index in [2.05, 4.69) is 5.10 Å². The minimum absolute atomic E-state index is 0.314. The molecule has 0 aliphatic heterocycles. The van der Waals surface area contributed by atoms with Crippen molar-refractivity contribution in [2.45, 2.75) is 6.61 Å². The Hall–Kier alpha value is -3.25. The molecular weight excluding hydrogens is 392 g/mol. The second kappa shape index (κ2) is 9.30. The van der Waals surface area contributed by atoms with Gasteiger partial charge in [0.05, 0.1) is 26.2 Å². The number of nitrogens with zero attached hydrogens (tertiary/aromatic N) is 2. The lowest BCUT2D eigenvalue weighted by Crippen LogP contribution is -2.06. The van der Waals surface area contributed by atoms with Gasteiger partial charge in [0, 0.05) is 23.7 Å². The zero-order valence-corrected chi connectivity index (χ0v) is 17.1. The Labute approximate surface area is 174 Å². The molecule has 29 heavy (non-hydrogen) atoms. The van der Waals surface area contributed by atoms with Crippen molar-refractivity contribution in [2.24, 2.45) is 7.05 Å². The zero-order chi connectivity index (χ0) is 20.8. The van der Waals surface area contributed by atoms with Crippen LogP contribution in [0.5, 0.6) is 5.88 Å². The molecule has 0 radical (unpaired) electrons. The Morgan fingerprint density at radius 3 is 2.59 bits per heavy atom. The Morgan fingerprint density at radius 1 is 1.14 bits per heavy atom. The summed E-state index contributed by atoms with van der Waals surface area (Å²) in [7, 11) is 4.64. The van der Waals surface area contributed by atoms with Crippen LogP contribution >= 0.6 is 11.6 Å². The number of hydrogen-bond donors (Lipinski definition) is 0. The first kappa shape index (κ1) is 20.5. The second-order valence-electron chi connectivity index (χ2n) is 6.25. The summed E-state index contributed by atoms with van der Waals surface area (Å²) in [4.78, 5) is 12.0. The first-order valence-corrected chi connectivity index (χ1v) is 9.23. The van der Waals surface area contributed by atoms with Crippen molar-refractivity contribution >= 4 is 23.1 Å². The van der Waals surface area contributed by atoms with E-state index >= 15 is 0 Å². The SMILES string of the molecule is CO/C=C(/C(=O)OC)c1cccc(COc2cc(-c3ccc(Cl)cc3)nn2C)c1. The predicted molar refractivity (Wildman–Crippen MR) is 111 cm³/mol.